The standard InChI is InChI=1S/C15H20FNO2/c1-10-6-11(8-12(16)7-10)14(19)17-13-4-3-5-15(13,2)9-18/h6-8,13,18H,3-5,9H2,1-2H3,(H,17,19). The third-order valence-electron chi connectivity index (χ3n) is 4.05. The summed E-state index contributed by atoms with van der Waals surface area (Å²) in [6.45, 7) is 3.79. The molecule has 2 unspecified atom stereocenters. The first-order valence-electron chi connectivity index (χ1n) is 6.63. The zero-order chi connectivity index (χ0) is 14.0. The fourth-order valence-electron chi connectivity index (χ4n) is 2.78. The molecule has 4 heteroatoms. The van der Waals surface area contributed by atoms with Crippen molar-refractivity contribution in [3.63, 3.8) is 0 Å². The summed E-state index contributed by atoms with van der Waals surface area (Å²) in [5, 5.41) is 12.4. The molecule has 0 aliphatic heterocycles. The first-order chi connectivity index (χ1) is 8.94. The van der Waals surface area contributed by atoms with E-state index in [1.807, 2.05) is 6.92 Å². The molecule has 1 aromatic carbocycles. The summed E-state index contributed by atoms with van der Waals surface area (Å²) < 4.78 is 13.3. The summed E-state index contributed by atoms with van der Waals surface area (Å²) in [6, 6.07) is 4.26. The molecule has 104 valence electrons. The second kappa shape index (κ2) is 5.29. The van der Waals surface area contributed by atoms with Gasteiger partial charge >= 0.3 is 0 Å². The molecule has 1 aromatic rings. The smallest absolute Gasteiger partial charge is 0.251 e. The number of hydrogen-bond donors (Lipinski definition) is 2. The van der Waals surface area contributed by atoms with Crippen LogP contribution < -0.4 is 5.32 Å². The van der Waals surface area contributed by atoms with Gasteiger partial charge in [-0.1, -0.05) is 13.3 Å². The monoisotopic (exact) mass is 265 g/mol. The number of carbonyl (C=O) groups is 1. The van der Waals surface area contributed by atoms with E-state index >= 15 is 0 Å². The second-order valence-electron chi connectivity index (χ2n) is 5.75. The largest absolute Gasteiger partial charge is 0.396 e. The molecule has 0 spiro atoms. The van der Waals surface area contributed by atoms with Gasteiger partial charge in [0.1, 0.15) is 5.82 Å². The summed E-state index contributed by atoms with van der Waals surface area (Å²) in [6.07, 6.45) is 2.75. The van der Waals surface area contributed by atoms with Crippen LogP contribution in [0.5, 0.6) is 0 Å². The van der Waals surface area contributed by atoms with Crippen LogP contribution in [0.15, 0.2) is 18.2 Å². The van der Waals surface area contributed by atoms with Crippen LogP contribution in [0, 0.1) is 18.2 Å². The molecular formula is C15H20FNO2. The fraction of sp³-hybridized carbons (Fsp3) is 0.533. The molecule has 19 heavy (non-hydrogen) atoms. The average molecular weight is 265 g/mol. The quantitative estimate of drug-likeness (QED) is 0.881. The molecule has 1 aliphatic carbocycles. The van der Waals surface area contributed by atoms with Gasteiger partial charge in [-0.05, 0) is 43.5 Å². The lowest BCUT2D eigenvalue weighted by Crippen LogP contribution is -2.44. The van der Waals surface area contributed by atoms with Crippen molar-refractivity contribution in [3.05, 3.63) is 35.1 Å². The Balaban J connectivity index is 2.13. The number of nitrogens with one attached hydrogen (secondary N) is 1. The normalized spacial score (nSPS) is 26.4. The van der Waals surface area contributed by atoms with Crippen LogP contribution in [-0.2, 0) is 0 Å². The maximum absolute atomic E-state index is 13.3. The minimum Gasteiger partial charge on any atom is -0.396 e. The van der Waals surface area contributed by atoms with E-state index in [1.54, 1.807) is 13.0 Å². The number of benzene rings is 1. The number of aryl methyl sites for hydroxylation is 1. The van der Waals surface area contributed by atoms with Crippen molar-refractivity contribution in [2.75, 3.05) is 6.61 Å². The number of hydrogen-bond acceptors (Lipinski definition) is 2. The number of rotatable bonds is 3. The Morgan fingerprint density at radius 3 is 2.89 bits per heavy atom. The maximum Gasteiger partial charge on any atom is 0.251 e. The van der Waals surface area contributed by atoms with Crippen molar-refractivity contribution in [3.8, 4) is 0 Å². The minimum absolute atomic E-state index is 0.0476. The lowest BCUT2D eigenvalue weighted by Gasteiger charge is -2.30. The van der Waals surface area contributed by atoms with Crippen molar-refractivity contribution in [1.82, 2.24) is 5.32 Å². The Hall–Kier alpha value is -1.42. The van der Waals surface area contributed by atoms with Gasteiger partial charge in [-0.25, -0.2) is 4.39 Å². The van der Waals surface area contributed by atoms with E-state index in [0.717, 1.165) is 24.8 Å². The van der Waals surface area contributed by atoms with Crippen molar-refractivity contribution in [2.24, 2.45) is 5.41 Å². The van der Waals surface area contributed by atoms with Crippen LogP contribution in [0.1, 0.15) is 42.1 Å². The van der Waals surface area contributed by atoms with E-state index in [2.05, 4.69) is 5.32 Å². The number of halogens is 1. The van der Waals surface area contributed by atoms with Crippen LogP contribution in [0.2, 0.25) is 0 Å². The highest BCUT2D eigenvalue weighted by molar-refractivity contribution is 5.94. The van der Waals surface area contributed by atoms with Gasteiger partial charge in [-0.3, -0.25) is 4.79 Å². The Morgan fingerprint density at radius 2 is 2.26 bits per heavy atom. The highest BCUT2D eigenvalue weighted by Crippen LogP contribution is 2.37. The number of aliphatic hydroxyl groups excluding tert-OH is 1. The van der Waals surface area contributed by atoms with Crippen LogP contribution in [0.4, 0.5) is 4.39 Å². The molecule has 1 amide bonds. The summed E-state index contributed by atoms with van der Waals surface area (Å²) in [5.74, 6) is -0.671. The van der Waals surface area contributed by atoms with Crippen LogP contribution in [-0.4, -0.2) is 23.7 Å². The second-order valence-corrected chi connectivity index (χ2v) is 5.75. The first kappa shape index (κ1) is 14.0. The van der Waals surface area contributed by atoms with Crippen molar-refractivity contribution in [1.29, 1.82) is 0 Å². The predicted octanol–water partition coefficient (Wildman–Crippen LogP) is 2.42. The molecule has 3 nitrogen and oxygen atoms in total. The van der Waals surface area contributed by atoms with E-state index in [0.29, 0.717) is 5.56 Å². The van der Waals surface area contributed by atoms with Gasteiger partial charge in [0.2, 0.25) is 0 Å². The van der Waals surface area contributed by atoms with Gasteiger partial charge in [0.15, 0.2) is 0 Å². The molecule has 0 bridgehead atoms. The van der Waals surface area contributed by atoms with E-state index in [9.17, 15) is 14.3 Å². The molecule has 1 saturated carbocycles. The number of carbonyl (C=O) groups excluding carboxylic acids is 1. The lowest BCUT2D eigenvalue weighted by molar-refractivity contribution is 0.0830. The lowest BCUT2D eigenvalue weighted by atomic mass is 9.85. The van der Waals surface area contributed by atoms with E-state index in [1.165, 1.54) is 12.1 Å². The SMILES string of the molecule is Cc1cc(F)cc(C(=O)NC2CCCC2(C)CO)c1. The molecule has 2 N–H and O–H groups in total. The molecule has 0 radical (unpaired) electrons. The zero-order valence-electron chi connectivity index (χ0n) is 11.4. The van der Waals surface area contributed by atoms with Crippen molar-refractivity contribution in [2.45, 2.75) is 39.2 Å². The minimum atomic E-state index is -0.401. The number of aliphatic hydroxyl groups is 1. The highest BCUT2D eigenvalue weighted by atomic mass is 19.1. The topological polar surface area (TPSA) is 49.3 Å². The predicted molar refractivity (Wildman–Crippen MR) is 71.4 cm³/mol. The molecule has 0 heterocycles. The summed E-state index contributed by atoms with van der Waals surface area (Å²) >= 11 is 0. The van der Waals surface area contributed by atoms with Gasteiger partial charge in [0.25, 0.3) is 5.91 Å². The average Bonchev–Trinajstić information content (AvgIpc) is 2.70. The van der Waals surface area contributed by atoms with Gasteiger partial charge in [-0.2, -0.15) is 0 Å². The summed E-state index contributed by atoms with van der Waals surface area (Å²) in [7, 11) is 0. The fourth-order valence-corrected chi connectivity index (χ4v) is 2.78. The summed E-state index contributed by atoms with van der Waals surface area (Å²) in [5.41, 5.74) is 0.795. The van der Waals surface area contributed by atoms with Gasteiger partial charge in [0.05, 0.1) is 6.61 Å². The molecule has 2 atom stereocenters. The Morgan fingerprint density at radius 1 is 1.53 bits per heavy atom. The van der Waals surface area contributed by atoms with Gasteiger partial charge < -0.3 is 10.4 Å². The van der Waals surface area contributed by atoms with Crippen LogP contribution >= 0.6 is 0 Å². The third-order valence-corrected chi connectivity index (χ3v) is 4.05. The Bertz CT molecular complexity index is 469. The maximum atomic E-state index is 13.3. The zero-order valence-corrected chi connectivity index (χ0v) is 11.4. The molecule has 0 aromatic heterocycles. The third kappa shape index (κ3) is 2.95. The molecule has 2 rings (SSSR count). The van der Waals surface area contributed by atoms with E-state index in [-0.39, 0.29) is 24.0 Å². The Labute approximate surface area is 112 Å². The Kier molecular flexibility index (Phi) is 3.90. The molecule has 1 aliphatic rings. The molecule has 0 saturated heterocycles. The molecular weight excluding hydrogens is 245 g/mol. The van der Waals surface area contributed by atoms with Gasteiger partial charge in [0, 0.05) is 17.0 Å². The van der Waals surface area contributed by atoms with Crippen LogP contribution in [0.3, 0.4) is 0 Å². The van der Waals surface area contributed by atoms with Crippen LogP contribution in [0.25, 0.3) is 0 Å². The molecule has 1 fully saturated rings. The van der Waals surface area contributed by atoms with E-state index < -0.39 is 5.82 Å². The van der Waals surface area contributed by atoms with Crippen molar-refractivity contribution >= 4 is 5.91 Å². The first-order valence-corrected chi connectivity index (χ1v) is 6.63. The summed E-state index contributed by atoms with van der Waals surface area (Å²) in [4.78, 5) is 12.1. The van der Waals surface area contributed by atoms with E-state index in [4.69, 9.17) is 0 Å². The number of amides is 1. The van der Waals surface area contributed by atoms with Crippen molar-refractivity contribution < 1.29 is 14.3 Å². The van der Waals surface area contributed by atoms with Gasteiger partial charge in [-0.15, -0.1) is 0 Å². The highest BCUT2D eigenvalue weighted by Gasteiger charge is 2.39.